The van der Waals surface area contributed by atoms with E-state index in [1.165, 1.54) is 30.0 Å². The van der Waals surface area contributed by atoms with Crippen molar-refractivity contribution in [3.05, 3.63) is 46.1 Å². The Kier molecular flexibility index (Phi) is 4.78. The summed E-state index contributed by atoms with van der Waals surface area (Å²) < 4.78 is 0. The largest absolute Gasteiger partial charge is 0.356 e. The molecule has 2 N–H and O–H groups in total. The van der Waals surface area contributed by atoms with E-state index in [9.17, 15) is 9.59 Å². The lowest BCUT2D eigenvalue weighted by molar-refractivity contribution is -0.118. The van der Waals surface area contributed by atoms with Crippen LogP contribution in [0.1, 0.15) is 6.92 Å². The molecule has 2 heterocycles. The second-order valence-corrected chi connectivity index (χ2v) is 6.84. The van der Waals surface area contributed by atoms with Gasteiger partial charge in [0.15, 0.2) is 5.16 Å². The normalized spacial score (nSPS) is 10.8. The first-order valence-corrected chi connectivity index (χ1v) is 8.96. The van der Waals surface area contributed by atoms with Crippen molar-refractivity contribution in [1.29, 1.82) is 0 Å². The highest BCUT2D eigenvalue weighted by Gasteiger charge is 2.12. The smallest absolute Gasteiger partial charge is 0.260 e. The van der Waals surface area contributed by atoms with Crippen molar-refractivity contribution in [2.24, 2.45) is 0 Å². The number of carbonyl (C=O) groups is 1. The van der Waals surface area contributed by atoms with E-state index in [-0.39, 0.29) is 11.5 Å². The molecule has 0 unspecified atom stereocenters. The Morgan fingerprint density at radius 3 is 2.87 bits per heavy atom. The van der Waals surface area contributed by atoms with Crippen LogP contribution in [0.3, 0.4) is 0 Å². The van der Waals surface area contributed by atoms with Crippen LogP contribution in [0, 0.1) is 0 Å². The van der Waals surface area contributed by atoms with Crippen LogP contribution >= 0.6 is 23.1 Å². The number of benzene rings is 1. The van der Waals surface area contributed by atoms with Crippen LogP contribution in [0.25, 0.3) is 21.3 Å². The van der Waals surface area contributed by atoms with E-state index >= 15 is 0 Å². The predicted molar refractivity (Wildman–Crippen MR) is 95.1 cm³/mol. The third-order valence-corrected chi connectivity index (χ3v) is 4.97. The van der Waals surface area contributed by atoms with E-state index < -0.39 is 0 Å². The van der Waals surface area contributed by atoms with Crippen LogP contribution < -0.4 is 10.9 Å². The standard InChI is InChI=1S/C16H15N3O2S2/c1-10(20)17-7-8-22-16-18-14(21)13-12(9-23-15(13)19-16)11-5-3-2-4-6-11/h2-6,9H,7-8H2,1H3,(H,17,20)(H,18,19,21). The van der Waals surface area contributed by atoms with Crippen molar-refractivity contribution < 1.29 is 4.79 Å². The Bertz CT molecular complexity index is 887. The number of rotatable bonds is 5. The van der Waals surface area contributed by atoms with Gasteiger partial charge in [-0.25, -0.2) is 4.98 Å². The highest BCUT2D eigenvalue weighted by Crippen LogP contribution is 2.31. The van der Waals surface area contributed by atoms with E-state index in [0.717, 1.165) is 16.0 Å². The van der Waals surface area contributed by atoms with Gasteiger partial charge in [0, 0.05) is 30.2 Å². The van der Waals surface area contributed by atoms with Crippen LogP contribution in [0.2, 0.25) is 0 Å². The summed E-state index contributed by atoms with van der Waals surface area (Å²) in [5, 5.41) is 5.89. The molecule has 0 atom stereocenters. The lowest BCUT2D eigenvalue weighted by Gasteiger charge is -2.03. The molecule has 0 fully saturated rings. The minimum atomic E-state index is -0.128. The van der Waals surface area contributed by atoms with Crippen LogP contribution in [0.4, 0.5) is 0 Å². The number of thioether (sulfide) groups is 1. The average molecular weight is 345 g/mol. The second-order valence-electron chi connectivity index (χ2n) is 4.90. The summed E-state index contributed by atoms with van der Waals surface area (Å²) in [6.07, 6.45) is 0. The summed E-state index contributed by atoms with van der Waals surface area (Å²) in [4.78, 5) is 31.3. The van der Waals surface area contributed by atoms with E-state index in [4.69, 9.17) is 0 Å². The zero-order valence-electron chi connectivity index (χ0n) is 12.5. The molecular weight excluding hydrogens is 330 g/mol. The highest BCUT2D eigenvalue weighted by atomic mass is 32.2. The number of H-pyrrole nitrogens is 1. The van der Waals surface area contributed by atoms with Crippen molar-refractivity contribution in [3.63, 3.8) is 0 Å². The summed E-state index contributed by atoms with van der Waals surface area (Å²) in [6, 6.07) is 9.82. The number of nitrogens with one attached hydrogen (secondary N) is 2. The van der Waals surface area contributed by atoms with E-state index in [1.807, 2.05) is 35.7 Å². The van der Waals surface area contributed by atoms with Gasteiger partial charge < -0.3 is 10.3 Å². The Morgan fingerprint density at radius 1 is 1.35 bits per heavy atom. The number of nitrogens with zero attached hydrogens (tertiary/aromatic N) is 1. The first kappa shape index (κ1) is 15.8. The van der Waals surface area contributed by atoms with Crippen LogP contribution in [-0.2, 0) is 4.79 Å². The Labute approximate surface area is 141 Å². The molecule has 7 heteroatoms. The van der Waals surface area contributed by atoms with Gasteiger partial charge in [0.2, 0.25) is 5.91 Å². The Morgan fingerprint density at radius 2 is 2.13 bits per heavy atom. The summed E-state index contributed by atoms with van der Waals surface area (Å²) in [5.41, 5.74) is 1.79. The van der Waals surface area contributed by atoms with E-state index in [0.29, 0.717) is 22.8 Å². The van der Waals surface area contributed by atoms with Crippen molar-refractivity contribution >= 4 is 39.2 Å². The van der Waals surface area contributed by atoms with Gasteiger partial charge in [0.25, 0.3) is 5.56 Å². The molecule has 5 nitrogen and oxygen atoms in total. The third kappa shape index (κ3) is 3.62. The molecule has 2 aromatic heterocycles. The lowest BCUT2D eigenvalue weighted by Crippen LogP contribution is -2.22. The van der Waals surface area contributed by atoms with Crippen LogP contribution in [0.5, 0.6) is 0 Å². The fourth-order valence-electron chi connectivity index (χ4n) is 2.20. The molecule has 0 aliphatic heterocycles. The molecule has 0 aliphatic rings. The maximum atomic E-state index is 12.4. The first-order valence-electron chi connectivity index (χ1n) is 7.09. The summed E-state index contributed by atoms with van der Waals surface area (Å²) in [5.74, 6) is 0.596. The van der Waals surface area contributed by atoms with Gasteiger partial charge >= 0.3 is 0 Å². The maximum Gasteiger partial charge on any atom is 0.260 e. The summed E-state index contributed by atoms with van der Waals surface area (Å²) >= 11 is 2.89. The van der Waals surface area contributed by atoms with Crippen molar-refractivity contribution in [1.82, 2.24) is 15.3 Å². The Balaban J connectivity index is 1.86. The molecule has 0 saturated carbocycles. The molecular formula is C16H15N3O2S2. The molecule has 1 aromatic carbocycles. The summed E-state index contributed by atoms with van der Waals surface area (Å²) in [7, 11) is 0. The van der Waals surface area contributed by atoms with Crippen molar-refractivity contribution in [2.45, 2.75) is 12.1 Å². The number of thiophene rings is 1. The molecule has 1 amide bonds. The second kappa shape index (κ2) is 6.97. The molecule has 118 valence electrons. The number of hydrogen-bond acceptors (Lipinski definition) is 5. The molecule has 3 rings (SSSR count). The molecule has 0 saturated heterocycles. The molecule has 0 aliphatic carbocycles. The number of amides is 1. The van der Waals surface area contributed by atoms with Gasteiger partial charge in [-0.3, -0.25) is 9.59 Å². The fraction of sp³-hybridized carbons (Fsp3) is 0.188. The number of aromatic amines is 1. The predicted octanol–water partition coefficient (Wildman–Crippen LogP) is 2.88. The summed E-state index contributed by atoms with van der Waals surface area (Å²) in [6.45, 7) is 2.02. The van der Waals surface area contributed by atoms with Gasteiger partial charge in [-0.15, -0.1) is 11.3 Å². The Hall–Kier alpha value is -2.12. The SMILES string of the molecule is CC(=O)NCCSc1nc2scc(-c3ccccc3)c2c(=O)[nH]1. The molecule has 23 heavy (non-hydrogen) atoms. The van der Waals surface area contributed by atoms with Gasteiger partial charge in [-0.1, -0.05) is 42.1 Å². The van der Waals surface area contributed by atoms with Gasteiger partial charge in [-0.05, 0) is 5.56 Å². The van der Waals surface area contributed by atoms with Crippen molar-refractivity contribution in [3.8, 4) is 11.1 Å². The van der Waals surface area contributed by atoms with Gasteiger partial charge in [-0.2, -0.15) is 0 Å². The van der Waals surface area contributed by atoms with Gasteiger partial charge in [0.1, 0.15) is 4.83 Å². The zero-order valence-corrected chi connectivity index (χ0v) is 14.1. The van der Waals surface area contributed by atoms with Crippen molar-refractivity contribution in [2.75, 3.05) is 12.3 Å². The quantitative estimate of drug-likeness (QED) is 0.424. The fourth-order valence-corrected chi connectivity index (χ4v) is 3.93. The minimum Gasteiger partial charge on any atom is -0.356 e. The van der Waals surface area contributed by atoms with E-state index in [2.05, 4.69) is 15.3 Å². The number of aromatic nitrogens is 2. The molecule has 3 aromatic rings. The highest BCUT2D eigenvalue weighted by molar-refractivity contribution is 7.99. The molecule has 0 spiro atoms. The minimum absolute atomic E-state index is 0.0618. The monoisotopic (exact) mass is 345 g/mol. The zero-order chi connectivity index (χ0) is 16.2. The number of fused-ring (bicyclic) bond motifs is 1. The topological polar surface area (TPSA) is 74.8 Å². The van der Waals surface area contributed by atoms with Gasteiger partial charge in [0.05, 0.1) is 5.39 Å². The van der Waals surface area contributed by atoms with Crippen LogP contribution in [-0.4, -0.2) is 28.2 Å². The third-order valence-electron chi connectivity index (χ3n) is 3.22. The number of carbonyl (C=O) groups excluding carboxylic acids is 1. The molecule has 0 bridgehead atoms. The number of hydrogen-bond donors (Lipinski definition) is 2. The molecule has 0 radical (unpaired) electrons. The first-order chi connectivity index (χ1) is 11.1. The maximum absolute atomic E-state index is 12.4. The average Bonchev–Trinajstić information content (AvgIpc) is 2.97. The van der Waals surface area contributed by atoms with Crippen LogP contribution in [0.15, 0.2) is 45.7 Å². The van der Waals surface area contributed by atoms with E-state index in [1.54, 1.807) is 0 Å². The lowest BCUT2D eigenvalue weighted by atomic mass is 10.1.